The molecule has 0 fully saturated rings. The lowest BCUT2D eigenvalue weighted by atomic mass is 10.2. The number of hydrogen-bond donors (Lipinski definition) is 1. The molecule has 0 saturated heterocycles. The van der Waals surface area contributed by atoms with Gasteiger partial charge < -0.3 is 10.1 Å². The van der Waals surface area contributed by atoms with E-state index in [1.165, 1.54) is 4.68 Å². The molecule has 1 aromatic heterocycles. The van der Waals surface area contributed by atoms with Crippen LogP contribution >= 0.6 is 0 Å². The van der Waals surface area contributed by atoms with E-state index in [0.29, 0.717) is 19.1 Å². The fourth-order valence-corrected chi connectivity index (χ4v) is 1.20. The second kappa shape index (κ2) is 6.27. The largest absolute Gasteiger partial charge is 0.383 e. The van der Waals surface area contributed by atoms with Crippen molar-refractivity contribution in [3.8, 4) is 0 Å². The van der Waals surface area contributed by atoms with Gasteiger partial charge in [-0.15, -0.1) is 0 Å². The lowest BCUT2D eigenvalue weighted by Gasteiger charge is -2.09. The minimum atomic E-state index is -0.106. The molecule has 16 heavy (non-hydrogen) atoms. The molecule has 5 heteroatoms. The van der Waals surface area contributed by atoms with Crippen molar-refractivity contribution in [1.82, 2.24) is 9.78 Å². The molecule has 0 spiro atoms. The van der Waals surface area contributed by atoms with Gasteiger partial charge in [0.2, 0.25) is 0 Å². The standard InChI is InChI=1S/C11H19N3O2/c1-9(2)7-12-10-6-11(15)14(13-8-10)4-5-16-3/h6,8-9,12H,4-5,7H2,1-3H3. The molecule has 0 bridgehead atoms. The van der Waals surface area contributed by atoms with Crippen LogP contribution in [0.5, 0.6) is 0 Å². The monoisotopic (exact) mass is 225 g/mol. The summed E-state index contributed by atoms with van der Waals surface area (Å²) in [6, 6.07) is 1.56. The van der Waals surface area contributed by atoms with Crippen LogP contribution in [0.3, 0.4) is 0 Å². The molecule has 0 unspecified atom stereocenters. The SMILES string of the molecule is COCCn1ncc(NCC(C)C)cc1=O. The van der Waals surface area contributed by atoms with Crippen LogP contribution in [0.25, 0.3) is 0 Å². The molecule has 0 amide bonds. The van der Waals surface area contributed by atoms with E-state index in [9.17, 15) is 4.79 Å². The molecule has 0 aliphatic carbocycles. The van der Waals surface area contributed by atoms with Gasteiger partial charge in [0.25, 0.3) is 5.56 Å². The van der Waals surface area contributed by atoms with Gasteiger partial charge in [-0.2, -0.15) is 5.10 Å². The van der Waals surface area contributed by atoms with Crippen LogP contribution in [0, 0.1) is 5.92 Å². The van der Waals surface area contributed by atoms with E-state index >= 15 is 0 Å². The van der Waals surface area contributed by atoms with Gasteiger partial charge in [0.1, 0.15) is 0 Å². The molecule has 0 saturated carbocycles. The molecule has 1 heterocycles. The zero-order chi connectivity index (χ0) is 12.0. The number of hydrogen-bond acceptors (Lipinski definition) is 4. The fraction of sp³-hybridized carbons (Fsp3) is 0.636. The van der Waals surface area contributed by atoms with Gasteiger partial charge in [-0.05, 0) is 5.92 Å². The molecule has 1 rings (SSSR count). The summed E-state index contributed by atoms with van der Waals surface area (Å²) >= 11 is 0. The van der Waals surface area contributed by atoms with E-state index in [1.807, 2.05) is 0 Å². The third kappa shape index (κ3) is 4.02. The van der Waals surface area contributed by atoms with E-state index in [-0.39, 0.29) is 5.56 Å². The Balaban J connectivity index is 2.63. The Morgan fingerprint density at radius 1 is 1.56 bits per heavy atom. The molecule has 0 aliphatic heterocycles. The molecular weight excluding hydrogens is 206 g/mol. The number of anilines is 1. The third-order valence-electron chi connectivity index (χ3n) is 2.09. The maximum absolute atomic E-state index is 11.6. The molecule has 0 aliphatic rings. The van der Waals surface area contributed by atoms with Crippen LogP contribution in [-0.4, -0.2) is 30.0 Å². The van der Waals surface area contributed by atoms with Gasteiger partial charge in [-0.25, -0.2) is 4.68 Å². The predicted molar refractivity (Wildman–Crippen MR) is 63.7 cm³/mol. The van der Waals surface area contributed by atoms with Crippen LogP contribution < -0.4 is 10.9 Å². The normalized spacial score (nSPS) is 10.8. The summed E-state index contributed by atoms with van der Waals surface area (Å²) in [4.78, 5) is 11.6. The van der Waals surface area contributed by atoms with Crippen molar-refractivity contribution in [3.63, 3.8) is 0 Å². The van der Waals surface area contributed by atoms with Crippen molar-refractivity contribution in [2.24, 2.45) is 5.92 Å². The van der Waals surface area contributed by atoms with Crippen LogP contribution in [0.2, 0.25) is 0 Å². The summed E-state index contributed by atoms with van der Waals surface area (Å²) in [5.74, 6) is 0.538. The number of ether oxygens (including phenoxy) is 1. The molecule has 1 N–H and O–H groups in total. The van der Waals surface area contributed by atoms with E-state index in [2.05, 4.69) is 24.3 Å². The Morgan fingerprint density at radius 3 is 2.88 bits per heavy atom. The Hall–Kier alpha value is -1.36. The number of methoxy groups -OCH3 is 1. The highest BCUT2D eigenvalue weighted by Gasteiger charge is 2.00. The van der Waals surface area contributed by atoms with Gasteiger partial charge in [0, 0.05) is 19.7 Å². The van der Waals surface area contributed by atoms with Crippen LogP contribution in [0.1, 0.15) is 13.8 Å². The van der Waals surface area contributed by atoms with Crippen LogP contribution in [0.4, 0.5) is 5.69 Å². The number of nitrogens with one attached hydrogen (secondary N) is 1. The highest BCUT2D eigenvalue weighted by atomic mass is 16.5. The van der Waals surface area contributed by atoms with Gasteiger partial charge in [-0.1, -0.05) is 13.8 Å². The first-order valence-electron chi connectivity index (χ1n) is 5.43. The van der Waals surface area contributed by atoms with E-state index in [1.54, 1.807) is 19.4 Å². The van der Waals surface area contributed by atoms with Crippen molar-refractivity contribution in [2.75, 3.05) is 25.6 Å². The maximum atomic E-state index is 11.6. The van der Waals surface area contributed by atoms with Crippen LogP contribution in [0.15, 0.2) is 17.1 Å². The van der Waals surface area contributed by atoms with E-state index in [0.717, 1.165) is 12.2 Å². The topological polar surface area (TPSA) is 56.1 Å². The molecule has 0 aromatic carbocycles. The highest BCUT2D eigenvalue weighted by Crippen LogP contribution is 2.01. The fourth-order valence-electron chi connectivity index (χ4n) is 1.20. The third-order valence-corrected chi connectivity index (χ3v) is 2.09. The van der Waals surface area contributed by atoms with Crippen molar-refractivity contribution in [2.45, 2.75) is 20.4 Å². The Bertz CT molecular complexity index is 374. The van der Waals surface area contributed by atoms with Crippen LogP contribution in [-0.2, 0) is 11.3 Å². The number of nitrogens with zero attached hydrogens (tertiary/aromatic N) is 2. The predicted octanol–water partition coefficient (Wildman–Crippen LogP) is 0.958. The Kier molecular flexibility index (Phi) is 4.98. The van der Waals surface area contributed by atoms with Crippen molar-refractivity contribution in [1.29, 1.82) is 0 Å². The lowest BCUT2D eigenvalue weighted by molar-refractivity contribution is 0.182. The molecule has 0 radical (unpaired) electrons. The average Bonchev–Trinajstić information content (AvgIpc) is 2.25. The van der Waals surface area contributed by atoms with Crippen molar-refractivity contribution in [3.05, 3.63) is 22.6 Å². The minimum Gasteiger partial charge on any atom is -0.383 e. The van der Waals surface area contributed by atoms with Gasteiger partial charge in [0.15, 0.2) is 0 Å². The second-order valence-electron chi connectivity index (χ2n) is 4.07. The van der Waals surface area contributed by atoms with E-state index < -0.39 is 0 Å². The average molecular weight is 225 g/mol. The summed E-state index contributed by atoms with van der Waals surface area (Å²) < 4.78 is 6.29. The molecule has 1 aromatic rings. The first kappa shape index (κ1) is 12.7. The summed E-state index contributed by atoms with van der Waals surface area (Å²) in [6.07, 6.45) is 1.67. The zero-order valence-corrected chi connectivity index (χ0v) is 10.1. The highest BCUT2D eigenvalue weighted by molar-refractivity contribution is 5.38. The Morgan fingerprint density at radius 2 is 2.31 bits per heavy atom. The Labute approximate surface area is 95.4 Å². The summed E-state index contributed by atoms with van der Waals surface area (Å²) in [7, 11) is 1.60. The summed E-state index contributed by atoms with van der Waals surface area (Å²) in [5.41, 5.74) is 0.665. The lowest BCUT2D eigenvalue weighted by Crippen LogP contribution is -2.24. The minimum absolute atomic E-state index is 0.106. The van der Waals surface area contributed by atoms with Gasteiger partial charge in [0.05, 0.1) is 25.0 Å². The summed E-state index contributed by atoms with van der Waals surface area (Å²) in [6.45, 7) is 6.04. The first-order chi connectivity index (χ1) is 7.63. The molecule has 5 nitrogen and oxygen atoms in total. The van der Waals surface area contributed by atoms with Crippen molar-refractivity contribution >= 4 is 5.69 Å². The number of rotatable bonds is 6. The van der Waals surface area contributed by atoms with E-state index in [4.69, 9.17) is 4.74 Å². The van der Waals surface area contributed by atoms with Gasteiger partial charge >= 0.3 is 0 Å². The van der Waals surface area contributed by atoms with Crippen molar-refractivity contribution < 1.29 is 4.74 Å². The smallest absolute Gasteiger partial charge is 0.268 e. The second-order valence-corrected chi connectivity index (χ2v) is 4.07. The quantitative estimate of drug-likeness (QED) is 0.783. The zero-order valence-electron chi connectivity index (χ0n) is 10.1. The molecular formula is C11H19N3O2. The number of aromatic nitrogens is 2. The maximum Gasteiger partial charge on any atom is 0.268 e. The molecule has 0 atom stereocenters. The summed E-state index contributed by atoms with van der Waals surface area (Å²) in [5, 5.41) is 7.22. The molecule has 90 valence electrons. The first-order valence-corrected chi connectivity index (χ1v) is 5.43. The van der Waals surface area contributed by atoms with Gasteiger partial charge in [-0.3, -0.25) is 4.79 Å².